The fourth-order valence-electron chi connectivity index (χ4n) is 1.28. The van der Waals surface area contributed by atoms with Crippen LogP contribution >= 0.6 is 0 Å². The molecule has 0 aliphatic heterocycles. The third kappa shape index (κ3) is 3.97. The summed E-state index contributed by atoms with van der Waals surface area (Å²) in [4.78, 5) is 11.7. The molecule has 1 atom stereocenters. The molecule has 0 fully saturated rings. The van der Waals surface area contributed by atoms with Crippen LogP contribution in [0.2, 0.25) is 0 Å². The molecule has 0 bridgehead atoms. The summed E-state index contributed by atoms with van der Waals surface area (Å²) in [6.45, 7) is 5.25. The lowest BCUT2D eigenvalue weighted by atomic mass is 10.3. The molecule has 0 heterocycles. The Kier molecular flexibility index (Phi) is 5.06. The number of hydrogen-bond acceptors (Lipinski definition) is 3. The molecule has 0 radical (unpaired) electrons. The van der Waals surface area contributed by atoms with E-state index in [0.717, 1.165) is 0 Å². The van der Waals surface area contributed by atoms with Crippen LogP contribution in [0.3, 0.4) is 0 Å². The van der Waals surface area contributed by atoms with Gasteiger partial charge in [0.1, 0.15) is 0 Å². The Morgan fingerprint density at radius 2 is 2.00 bits per heavy atom. The molecule has 1 aromatic rings. The van der Waals surface area contributed by atoms with Crippen LogP contribution in [-0.2, 0) is 14.8 Å². The second-order valence-electron chi connectivity index (χ2n) is 3.69. The number of nitrogens with one attached hydrogen (secondary N) is 2. The van der Waals surface area contributed by atoms with Gasteiger partial charge in [0.15, 0.2) is 0 Å². The quantitative estimate of drug-likeness (QED) is 0.744. The highest BCUT2D eigenvalue weighted by atomic mass is 32.2. The lowest BCUT2D eigenvalue weighted by molar-refractivity contribution is -0.122. The first-order valence-electron chi connectivity index (χ1n) is 5.43. The molecule has 2 N–H and O–H groups in total. The van der Waals surface area contributed by atoms with Crippen molar-refractivity contribution in [1.82, 2.24) is 10.0 Å². The zero-order valence-corrected chi connectivity index (χ0v) is 10.9. The molecular weight excluding hydrogens is 252 g/mol. The van der Waals surface area contributed by atoms with Crippen LogP contribution in [0.5, 0.6) is 0 Å². The number of benzene rings is 1. The van der Waals surface area contributed by atoms with Crippen molar-refractivity contribution in [2.75, 3.05) is 6.54 Å². The summed E-state index contributed by atoms with van der Waals surface area (Å²) in [6, 6.07) is 7.07. The molecule has 0 aliphatic carbocycles. The smallest absolute Gasteiger partial charge is 0.241 e. The first kappa shape index (κ1) is 14.4. The number of hydrogen-bond donors (Lipinski definition) is 2. The molecule has 18 heavy (non-hydrogen) atoms. The van der Waals surface area contributed by atoms with Crippen LogP contribution in [0.1, 0.15) is 6.92 Å². The maximum absolute atomic E-state index is 11.9. The lowest BCUT2D eigenvalue weighted by Gasteiger charge is -2.13. The summed E-state index contributed by atoms with van der Waals surface area (Å²) in [6.07, 6.45) is 1.52. The van der Waals surface area contributed by atoms with Crippen LogP contribution in [0, 0.1) is 0 Å². The summed E-state index contributed by atoms with van der Waals surface area (Å²) in [5.41, 5.74) is 0. The highest BCUT2D eigenvalue weighted by Crippen LogP contribution is 2.07. The van der Waals surface area contributed by atoms with Gasteiger partial charge in [-0.15, -0.1) is 6.58 Å². The van der Waals surface area contributed by atoms with Crippen molar-refractivity contribution < 1.29 is 13.2 Å². The second-order valence-corrected chi connectivity index (χ2v) is 5.40. The summed E-state index contributed by atoms with van der Waals surface area (Å²) >= 11 is 0. The third-order valence-electron chi connectivity index (χ3n) is 2.20. The maximum Gasteiger partial charge on any atom is 0.241 e. The molecule has 5 nitrogen and oxygen atoms in total. The van der Waals surface area contributed by atoms with Crippen molar-refractivity contribution >= 4 is 15.9 Å². The molecule has 6 heteroatoms. The fourth-order valence-corrected chi connectivity index (χ4v) is 2.50. The van der Waals surface area contributed by atoms with Gasteiger partial charge in [-0.05, 0) is 19.1 Å². The topological polar surface area (TPSA) is 75.3 Å². The molecule has 0 aromatic heterocycles. The van der Waals surface area contributed by atoms with Gasteiger partial charge in [0.25, 0.3) is 0 Å². The first-order chi connectivity index (χ1) is 8.47. The van der Waals surface area contributed by atoms with Crippen molar-refractivity contribution in [3.05, 3.63) is 43.0 Å². The molecule has 1 aromatic carbocycles. The third-order valence-corrected chi connectivity index (χ3v) is 3.76. The molecule has 0 spiro atoms. The molecule has 0 saturated carbocycles. The Labute approximate surface area is 107 Å². The van der Waals surface area contributed by atoms with Gasteiger partial charge < -0.3 is 5.32 Å². The van der Waals surface area contributed by atoms with Gasteiger partial charge in [-0.1, -0.05) is 24.3 Å². The van der Waals surface area contributed by atoms with E-state index >= 15 is 0 Å². The van der Waals surface area contributed by atoms with E-state index in [0.29, 0.717) is 6.54 Å². The minimum atomic E-state index is -3.67. The van der Waals surface area contributed by atoms with E-state index in [2.05, 4.69) is 16.6 Å². The Bertz CT molecular complexity index is 511. The average molecular weight is 268 g/mol. The van der Waals surface area contributed by atoms with Crippen molar-refractivity contribution in [1.29, 1.82) is 0 Å². The van der Waals surface area contributed by atoms with Crippen LogP contribution in [0.25, 0.3) is 0 Å². The number of carbonyl (C=O) groups excluding carboxylic acids is 1. The summed E-state index contributed by atoms with van der Waals surface area (Å²) < 4.78 is 26.1. The van der Waals surface area contributed by atoms with Crippen molar-refractivity contribution in [3.63, 3.8) is 0 Å². The Hall–Kier alpha value is -1.66. The van der Waals surface area contributed by atoms with E-state index < -0.39 is 22.0 Å². The summed E-state index contributed by atoms with van der Waals surface area (Å²) in [5, 5.41) is 2.52. The first-order valence-corrected chi connectivity index (χ1v) is 6.91. The Balaban J connectivity index is 2.72. The fraction of sp³-hybridized carbons (Fsp3) is 0.250. The molecule has 1 rings (SSSR count). The standard InChI is InChI=1S/C12H16N2O3S/c1-3-9-13-12(15)10(2)14-18(16,17)11-7-5-4-6-8-11/h3-8,10,14H,1,9H2,2H3,(H,13,15). The van der Waals surface area contributed by atoms with Crippen molar-refractivity contribution in [3.8, 4) is 0 Å². The summed E-state index contributed by atoms with van der Waals surface area (Å²) in [7, 11) is -3.67. The van der Waals surface area contributed by atoms with Gasteiger partial charge in [0, 0.05) is 6.54 Å². The Morgan fingerprint density at radius 1 is 1.39 bits per heavy atom. The molecule has 98 valence electrons. The number of sulfonamides is 1. The maximum atomic E-state index is 11.9. The molecule has 1 unspecified atom stereocenters. The SMILES string of the molecule is C=CCNC(=O)C(C)NS(=O)(=O)c1ccccc1. The van der Waals surface area contributed by atoms with Gasteiger partial charge in [-0.3, -0.25) is 4.79 Å². The van der Waals surface area contributed by atoms with Crippen LogP contribution in [0.4, 0.5) is 0 Å². The minimum absolute atomic E-state index is 0.133. The molecular formula is C12H16N2O3S. The average Bonchev–Trinajstić information content (AvgIpc) is 2.36. The minimum Gasteiger partial charge on any atom is -0.351 e. The lowest BCUT2D eigenvalue weighted by Crippen LogP contribution is -2.44. The van der Waals surface area contributed by atoms with Gasteiger partial charge in [-0.25, -0.2) is 8.42 Å². The van der Waals surface area contributed by atoms with E-state index in [9.17, 15) is 13.2 Å². The van der Waals surface area contributed by atoms with Gasteiger partial charge in [-0.2, -0.15) is 4.72 Å². The number of rotatable bonds is 6. The van der Waals surface area contributed by atoms with Gasteiger partial charge >= 0.3 is 0 Å². The predicted octanol–water partition coefficient (Wildman–Crippen LogP) is 0.656. The van der Waals surface area contributed by atoms with Crippen LogP contribution < -0.4 is 10.0 Å². The zero-order chi connectivity index (χ0) is 13.6. The zero-order valence-electron chi connectivity index (χ0n) is 10.1. The van der Waals surface area contributed by atoms with E-state index in [1.165, 1.54) is 25.1 Å². The van der Waals surface area contributed by atoms with Crippen molar-refractivity contribution in [2.24, 2.45) is 0 Å². The van der Waals surface area contributed by atoms with E-state index in [4.69, 9.17) is 0 Å². The number of amides is 1. The normalized spacial score (nSPS) is 12.7. The van der Waals surface area contributed by atoms with E-state index in [-0.39, 0.29) is 4.90 Å². The Morgan fingerprint density at radius 3 is 2.56 bits per heavy atom. The van der Waals surface area contributed by atoms with Gasteiger partial charge in [0.05, 0.1) is 10.9 Å². The van der Waals surface area contributed by atoms with E-state index in [1.54, 1.807) is 18.2 Å². The van der Waals surface area contributed by atoms with Crippen molar-refractivity contribution in [2.45, 2.75) is 17.9 Å². The second kappa shape index (κ2) is 6.32. The molecule has 0 aliphatic rings. The molecule has 0 saturated heterocycles. The predicted molar refractivity (Wildman–Crippen MR) is 69.4 cm³/mol. The number of carbonyl (C=O) groups is 1. The highest BCUT2D eigenvalue weighted by Gasteiger charge is 2.21. The summed E-state index contributed by atoms with van der Waals surface area (Å²) in [5.74, 6) is -0.394. The van der Waals surface area contributed by atoms with Gasteiger partial charge in [0.2, 0.25) is 15.9 Å². The van der Waals surface area contributed by atoms with Crippen LogP contribution in [0.15, 0.2) is 47.9 Å². The highest BCUT2D eigenvalue weighted by molar-refractivity contribution is 7.89. The molecule has 1 amide bonds. The monoisotopic (exact) mass is 268 g/mol. The van der Waals surface area contributed by atoms with Crippen LogP contribution in [-0.4, -0.2) is 26.9 Å². The largest absolute Gasteiger partial charge is 0.351 e. The van der Waals surface area contributed by atoms with E-state index in [1.807, 2.05) is 0 Å².